The van der Waals surface area contributed by atoms with Gasteiger partial charge in [-0.3, -0.25) is 4.79 Å². The van der Waals surface area contributed by atoms with E-state index in [2.05, 4.69) is 10.3 Å². The van der Waals surface area contributed by atoms with Gasteiger partial charge in [-0.15, -0.1) is 0 Å². The topological polar surface area (TPSA) is 82.2 Å². The standard InChI is InChI=1S/C15H18N2O3/c1-3-6-12(15(19)20)17-14(18)13-9(2)16-11-8-5-4-7-10(11)13/h4-5,7-8,12,16H,3,6H2,1-2H3,(H,17,18)(H,19,20)/t12-/m1/s1. The predicted molar refractivity (Wildman–Crippen MR) is 76.8 cm³/mol. The van der Waals surface area contributed by atoms with Gasteiger partial charge in [0.15, 0.2) is 0 Å². The van der Waals surface area contributed by atoms with Gasteiger partial charge < -0.3 is 15.4 Å². The fraction of sp³-hybridized carbons (Fsp3) is 0.333. The predicted octanol–water partition coefficient (Wildman–Crippen LogP) is 2.46. The van der Waals surface area contributed by atoms with E-state index >= 15 is 0 Å². The normalized spacial score (nSPS) is 12.3. The van der Waals surface area contributed by atoms with Gasteiger partial charge in [0, 0.05) is 16.6 Å². The number of benzene rings is 1. The molecular weight excluding hydrogens is 256 g/mol. The zero-order chi connectivity index (χ0) is 14.7. The van der Waals surface area contributed by atoms with Crippen molar-refractivity contribution in [1.29, 1.82) is 0 Å². The average molecular weight is 274 g/mol. The molecule has 2 aromatic rings. The molecule has 0 saturated carbocycles. The van der Waals surface area contributed by atoms with Crippen LogP contribution in [-0.4, -0.2) is 28.0 Å². The van der Waals surface area contributed by atoms with Crippen LogP contribution in [0.15, 0.2) is 24.3 Å². The molecule has 0 aliphatic heterocycles. The van der Waals surface area contributed by atoms with Crippen molar-refractivity contribution in [2.24, 2.45) is 0 Å². The average Bonchev–Trinajstić information content (AvgIpc) is 2.73. The number of para-hydroxylation sites is 1. The van der Waals surface area contributed by atoms with Crippen molar-refractivity contribution in [2.75, 3.05) is 0 Å². The molecule has 106 valence electrons. The molecule has 5 nitrogen and oxygen atoms in total. The molecule has 0 aliphatic rings. The number of carboxylic acid groups (broad SMARTS) is 1. The summed E-state index contributed by atoms with van der Waals surface area (Å²) in [6, 6.07) is 6.63. The van der Waals surface area contributed by atoms with E-state index in [1.54, 1.807) is 0 Å². The third kappa shape index (κ3) is 2.66. The summed E-state index contributed by atoms with van der Waals surface area (Å²) in [6.07, 6.45) is 1.12. The number of carbonyl (C=O) groups is 2. The summed E-state index contributed by atoms with van der Waals surface area (Å²) >= 11 is 0. The Morgan fingerprint density at radius 1 is 1.35 bits per heavy atom. The zero-order valence-corrected chi connectivity index (χ0v) is 11.6. The Labute approximate surface area is 117 Å². The second-order valence-corrected chi connectivity index (χ2v) is 4.82. The number of carbonyl (C=O) groups excluding carboxylic acids is 1. The maximum absolute atomic E-state index is 12.3. The zero-order valence-electron chi connectivity index (χ0n) is 11.6. The van der Waals surface area contributed by atoms with Crippen LogP contribution < -0.4 is 5.32 Å². The lowest BCUT2D eigenvalue weighted by molar-refractivity contribution is -0.139. The van der Waals surface area contributed by atoms with Gasteiger partial charge >= 0.3 is 5.97 Å². The number of aryl methyl sites for hydroxylation is 1. The van der Waals surface area contributed by atoms with Gasteiger partial charge in [0.25, 0.3) is 5.91 Å². The number of hydrogen-bond acceptors (Lipinski definition) is 2. The summed E-state index contributed by atoms with van der Waals surface area (Å²) in [5.74, 6) is -1.35. The summed E-state index contributed by atoms with van der Waals surface area (Å²) in [5.41, 5.74) is 2.13. The Morgan fingerprint density at radius 3 is 2.70 bits per heavy atom. The van der Waals surface area contributed by atoms with Crippen LogP contribution in [0, 0.1) is 6.92 Å². The SMILES string of the molecule is CCC[C@@H](NC(=O)c1c(C)[nH]c2ccccc12)C(=O)O. The molecular formula is C15H18N2O3. The second kappa shape index (κ2) is 5.77. The molecule has 1 atom stereocenters. The van der Waals surface area contributed by atoms with Gasteiger partial charge in [0.05, 0.1) is 5.56 Å². The smallest absolute Gasteiger partial charge is 0.326 e. The number of H-pyrrole nitrogens is 1. The maximum Gasteiger partial charge on any atom is 0.326 e. The number of aliphatic carboxylic acids is 1. The van der Waals surface area contributed by atoms with E-state index in [1.165, 1.54) is 0 Å². The number of aromatic nitrogens is 1. The maximum atomic E-state index is 12.3. The summed E-state index contributed by atoms with van der Waals surface area (Å²) in [7, 11) is 0. The van der Waals surface area contributed by atoms with Crippen molar-refractivity contribution in [2.45, 2.75) is 32.7 Å². The summed E-state index contributed by atoms with van der Waals surface area (Å²) in [6.45, 7) is 3.70. The second-order valence-electron chi connectivity index (χ2n) is 4.82. The minimum absolute atomic E-state index is 0.346. The molecule has 0 bridgehead atoms. The molecule has 0 unspecified atom stereocenters. The van der Waals surface area contributed by atoms with Gasteiger partial charge in [-0.05, 0) is 19.4 Å². The molecule has 1 aromatic heterocycles. The molecule has 1 amide bonds. The first-order chi connectivity index (χ1) is 9.54. The van der Waals surface area contributed by atoms with Crippen molar-refractivity contribution >= 4 is 22.8 Å². The number of amides is 1. The van der Waals surface area contributed by atoms with E-state index in [-0.39, 0.29) is 5.91 Å². The van der Waals surface area contributed by atoms with Crippen LogP contribution in [0.4, 0.5) is 0 Å². The molecule has 1 heterocycles. The van der Waals surface area contributed by atoms with Gasteiger partial charge in [-0.25, -0.2) is 4.79 Å². The first-order valence-corrected chi connectivity index (χ1v) is 6.65. The van der Waals surface area contributed by atoms with Crippen LogP contribution in [0.2, 0.25) is 0 Å². The molecule has 0 saturated heterocycles. The quantitative estimate of drug-likeness (QED) is 0.783. The van der Waals surface area contributed by atoms with Gasteiger partial charge in [0.2, 0.25) is 0 Å². The molecule has 0 spiro atoms. The Balaban J connectivity index is 2.31. The highest BCUT2D eigenvalue weighted by atomic mass is 16.4. The Morgan fingerprint density at radius 2 is 2.05 bits per heavy atom. The van der Waals surface area contributed by atoms with Gasteiger partial charge in [0.1, 0.15) is 6.04 Å². The minimum atomic E-state index is -1.00. The number of aromatic amines is 1. The third-order valence-electron chi connectivity index (χ3n) is 3.30. The van der Waals surface area contributed by atoms with E-state index < -0.39 is 12.0 Å². The Bertz CT molecular complexity index is 646. The van der Waals surface area contributed by atoms with Gasteiger partial charge in [-0.2, -0.15) is 0 Å². The highest BCUT2D eigenvalue weighted by Gasteiger charge is 2.22. The monoisotopic (exact) mass is 274 g/mol. The van der Waals surface area contributed by atoms with E-state index in [0.717, 1.165) is 16.6 Å². The number of fused-ring (bicyclic) bond motifs is 1. The molecule has 2 rings (SSSR count). The number of rotatable bonds is 5. The van der Waals surface area contributed by atoms with Gasteiger partial charge in [-0.1, -0.05) is 31.5 Å². The summed E-state index contributed by atoms with van der Waals surface area (Å²) in [5, 5.41) is 12.5. The van der Waals surface area contributed by atoms with E-state index in [1.807, 2.05) is 38.1 Å². The van der Waals surface area contributed by atoms with Crippen LogP contribution in [0.25, 0.3) is 10.9 Å². The highest BCUT2D eigenvalue weighted by molar-refractivity contribution is 6.08. The largest absolute Gasteiger partial charge is 0.480 e. The van der Waals surface area contributed by atoms with Crippen molar-refractivity contribution in [3.8, 4) is 0 Å². The van der Waals surface area contributed by atoms with E-state index in [0.29, 0.717) is 18.4 Å². The van der Waals surface area contributed by atoms with E-state index in [4.69, 9.17) is 5.11 Å². The lowest BCUT2D eigenvalue weighted by Gasteiger charge is -2.13. The third-order valence-corrected chi connectivity index (χ3v) is 3.30. The van der Waals surface area contributed by atoms with Crippen LogP contribution >= 0.6 is 0 Å². The molecule has 20 heavy (non-hydrogen) atoms. The highest BCUT2D eigenvalue weighted by Crippen LogP contribution is 2.21. The molecule has 5 heteroatoms. The molecule has 0 radical (unpaired) electrons. The molecule has 0 fully saturated rings. The Hall–Kier alpha value is -2.30. The van der Waals surface area contributed by atoms with Crippen LogP contribution in [-0.2, 0) is 4.79 Å². The van der Waals surface area contributed by atoms with Crippen molar-refractivity contribution in [3.63, 3.8) is 0 Å². The fourth-order valence-corrected chi connectivity index (χ4v) is 2.35. The van der Waals surface area contributed by atoms with Crippen molar-refractivity contribution < 1.29 is 14.7 Å². The van der Waals surface area contributed by atoms with Crippen LogP contribution in [0.3, 0.4) is 0 Å². The lowest BCUT2D eigenvalue weighted by atomic mass is 10.1. The van der Waals surface area contributed by atoms with Crippen molar-refractivity contribution in [3.05, 3.63) is 35.5 Å². The molecule has 0 aliphatic carbocycles. The first kappa shape index (κ1) is 14.1. The van der Waals surface area contributed by atoms with E-state index in [9.17, 15) is 9.59 Å². The molecule has 3 N–H and O–H groups in total. The minimum Gasteiger partial charge on any atom is -0.480 e. The number of hydrogen-bond donors (Lipinski definition) is 3. The Kier molecular flexibility index (Phi) is 4.08. The first-order valence-electron chi connectivity index (χ1n) is 6.65. The summed E-state index contributed by atoms with van der Waals surface area (Å²) < 4.78 is 0. The number of nitrogens with one attached hydrogen (secondary N) is 2. The fourth-order valence-electron chi connectivity index (χ4n) is 2.35. The van der Waals surface area contributed by atoms with Crippen LogP contribution in [0.5, 0.6) is 0 Å². The number of carboxylic acids is 1. The lowest BCUT2D eigenvalue weighted by Crippen LogP contribution is -2.40. The van der Waals surface area contributed by atoms with Crippen LogP contribution in [0.1, 0.15) is 35.8 Å². The van der Waals surface area contributed by atoms with Crippen molar-refractivity contribution in [1.82, 2.24) is 10.3 Å². The molecule has 1 aromatic carbocycles. The summed E-state index contributed by atoms with van der Waals surface area (Å²) in [4.78, 5) is 26.6.